The predicted molar refractivity (Wildman–Crippen MR) is 102 cm³/mol. The molecule has 2 atom stereocenters. The minimum Gasteiger partial charge on any atom is -0.368 e. The summed E-state index contributed by atoms with van der Waals surface area (Å²) in [4.78, 5) is 31.9. The Labute approximate surface area is 157 Å². The number of hydrogen-bond donors (Lipinski definition) is 2. The lowest BCUT2D eigenvalue weighted by molar-refractivity contribution is -0.118. The van der Waals surface area contributed by atoms with Crippen LogP contribution in [0.2, 0.25) is 0 Å². The van der Waals surface area contributed by atoms with Gasteiger partial charge < -0.3 is 11.1 Å². The molecule has 2 amide bonds. The molecule has 3 N–H and O–H groups in total. The van der Waals surface area contributed by atoms with Crippen molar-refractivity contribution < 1.29 is 14.0 Å². The second-order valence-corrected chi connectivity index (χ2v) is 6.42. The largest absolute Gasteiger partial charge is 0.368 e. The van der Waals surface area contributed by atoms with Crippen LogP contribution in [-0.4, -0.2) is 35.1 Å². The van der Waals surface area contributed by atoms with Crippen molar-refractivity contribution >= 4 is 23.5 Å². The molecule has 144 valence electrons. The number of nitrogens with one attached hydrogen (secondary N) is 1. The zero-order valence-corrected chi connectivity index (χ0v) is 15.9. The van der Waals surface area contributed by atoms with Gasteiger partial charge in [0, 0.05) is 43.0 Å². The van der Waals surface area contributed by atoms with Gasteiger partial charge in [0.25, 0.3) is 5.91 Å². The molecule has 1 aromatic carbocycles. The van der Waals surface area contributed by atoms with E-state index in [9.17, 15) is 14.0 Å². The Balaban J connectivity index is 0.000000273. The minimum absolute atomic E-state index is 0.188. The van der Waals surface area contributed by atoms with Crippen LogP contribution in [0.1, 0.15) is 35.5 Å². The summed E-state index contributed by atoms with van der Waals surface area (Å²) in [5.74, 6) is -0.457. The highest BCUT2D eigenvalue weighted by molar-refractivity contribution is 5.97. The number of rotatable bonds is 1. The number of amides is 2. The van der Waals surface area contributed by atoms with Gasteiger partial charge in [0.2, 0.25) is 11.9 Å². The molecule has 3 rings (SSSR count). The van der Waals surface area contributed by atoms with Crippen molar-refractivity contribution in [1.82, 2.24) is 15.3 Å². The molecule has 0 fully saturated rings. The van der Waals surface area contributed by atoms with E-state index in [1.165, 1.54) is 6.92 Å². The summed E-state index contributed by atoms with van der Waals surface area (Å²) in [7, 11) is 1.56. The van der Waals surface area contributed by atoms with Crippen LogP contribution in [0.4, 0.5) is 16.0 Å². The molecule has 7 nitrogen and oxygen atoms in total. The normalized spacial score (nSPS) is 18.0. The number of nitrogens with two attached hydrogens (primary N) is 1. The first-order valence-corrected chi connectivity index (χ1v) is 8.58. The number of anilines is 2. The molecular weight excluding hydrogens is 349 g/mol. The Kier molecular flexibility index (Phi) is 6.44. The molecule has 0 aliphatic carbocycles. The summed E-state index contributed by atoms with van der Waals surface area (Å²) in [6.07, 6.45) is 0.846. The lowest BCUT2D eigenvalue weighted by atomic mass is 9.91. The number of nitrogens with zero attached hydrogens (tertiary/aromatic N) is 3. The molecule has 2 aromatic rings. The number of halogens is 1. The third-order valence-electron chi connectivity index (χ3n) is 4.24. The lowest BCUT2D eigenvalue weighted by Crippen LogP contribution is -2.44. The van der Waals surface area contributed by atoms with E-state index in [1.807, 2.05) is 6.92 Å². The molecule has 0 saturated carbocycles. The number of fused-ring (bicyclic) bond motifs is 1. The van der Waals surface area contributed by atoms with Crippen molar-refractivity contribution in [2.24, 2.45) is 5.92 Å². The fourth-order valence-electron chi connectivity index (χ4n) is 2.91. The van der Waals surface area contributed by atoms with E-state index in [-0.39, 0.29) is 17.7 Å². The van der Waals surface area contributed by atoms with Crippen LogP contribution in [0, 0.1) is 12.8 Å². The highest BCUT2D eigenvalue weighted by Gasteiger charge is 2.34. The zero-order chi connectivity index (χ0) is 20.1. The van der Waals surface area contributed by atoms with E-state index in [0.717, 1.165) is 16.2 Å². The number of benzene rings is 1. The quantitative estimate of drug-likeness (QED) is 0.747. The van der Waals surface area contributed by atoms with E-state index < -0.39 is 6.30 Å². The van der Waals surface area contributed by atoms with Crippen molar-refractivity contribution in [1.29, 1.82) is 0 Å². The van der Waals surface area contributed by atoms with Gasteiger partial charge in [0.1, 0.15) is 0 Å². The van der Waals surface area contributed by atoms with Gasteiger partial charge in [-0.25, -0.2) is 14.4 Å². The first-order valence-electron chi connectivity index (χ1n) is 8.58. The van der Waals surface area contributed by atoms with Gasteiger partial charge in [-0.15, -0.1) is 0 Å². The highest BCUT2D eigenvalue weighted by atomic mass is 19.1. The first-order chi connectivity index (χ1) is 12.7. The van der Waals surface area contributed by atoms with Crippen LogP contribution in [0.3, 0.4) is 0 Å². The van der Waals surface area contributed by atoms with Gasteiger partial charge >= 0.3 is 0 Å². The maximum atomic E-state index is 14.1. The molecule has 27 heavy (non-hydrogen) atoms. The first kappa shape index (κ1) is 20.3. The molecule has 0 radical (unpaired) electrons. The SMILES string of the molecule is CNC(=O)c1ccc2c(c1)CC(C)[C@H](F)N2C(C)=O.Cc1ccnc(N)n1. The number of aryl methyl sites for hydroxylation is 1. The standard InChI is InChI=1S/C14H17FN2O2.C5H7N3/c1-8-6-11-7-10(14(19)16-3)4-5-12(11)17(9(2)18)13(8)15;1-4-2-3-7-5(6)8-4/h4-5,7-8,13H,6H2,1-3H3,(H,16,19);2-3H,1H3,(H2,6,7,8)/t8?,13-;/m1./s1. The van der Waals surface area contributed by atoms with Crippen molar-refractivity contribution in [3.63, 3.8) is 0 Å². The van der Waals surface area contributed by atoms with Crippen molar-refractivity contribution in [3.8, 4) is 0 Å². The van der Waals surface area contributed by atoms with E-state index in [4.69, 9.17) is 5.73 Å². The van der Waals surface area contributed by atoms with Crippen molar-refractivity contribution in [2.45, 2.75) is 33.5 Å². The van der Waals surface area contributed by atoms with Gasteiger partial charge in [-0.3, -0.25) is 14.5 Å². The average Bonchev–Trinajstić information content (AvgIpc) is 2.61. The third kappa shape index (κ3) is 4.78. The van der Waals surface area contributed by atoms with Gasteiger partial charge in [-0.05, 0) is 43.2 Å². The predicted octanol–water partition coefficient (Wildman–Crippen LogP) is 2.25. The van der Waals surface area contributed by atoms with Crippen LogP contribution in [0.25, 0.3) is 0 Å². The molecule has 1 aliphatic rings. The maximum absolute atomic E-state index is 14.1. The third-order valence-corrected chi connectivity index (χ3v) is 4.24. The number of carbonyl (C=O) groups is 2. The van der Waals surface area contributed by atoms with E-state index in [0.29, 0.717) is 23.6 Å². The van der Waals surface area contributed by atoms with Crippen LogP contribution >= 0.6 is 0 Å². The average molecular weight is 373 g/mol. The van der Waals surface area contributed by atoms with Gasteiger partial charge in [-0.2, -0.15) is 0 Å². The fraction of sp³-hybridized carbons (Fsp3) is 0.368. The molecule has 1 aromatic heterocycles. The van der Waals surface area contributed by atoms with Crippen LogP contribution in [0.5, 0.6) is 0 Å². The highest BCUT2D eigenvalue weighted by Crippen LogP contribution is 2.35. The molecule has 2 heterocycles. The number of aromatic nitrogens is 2. The Morgan fingerprint density at radius 2 is 2.04 bits per heavy atom. The topological polar surface area (TPSA) is 101 Å². The lowest BCUT2D eigenvalue weighted by Gasteiger charge is -2.36. The molecule has 1 unspecified atom stereocenters. The Morgan fingerprint density at radius 1 is 1.33 bits per heavy atom. The molecular formula is C19H24FN5O2. The number of carbonyl (C=O) groups excluding carboxylic acids is 2. The van der Waals surface area contributed by atoms with Gasteiger partial charge in [0.05, 0.1) is 0 Å². The van der Waals surface area contributed by atoms with E-state index >= 15 is 0 Å². The zero-order valence-electron chi connectivity index (χ0n) is 15.9. The van der Waals surface area contributed by atoms with Gasteiger partial charge in [0.15, 0.2) is 6.30 Å². The fourth-order valence-corrected chi connectivity index (χ4v) is 2.91. The van der Waals surface area contributed by atoms with E-state index in [2.05, 4.69) is 15.3 Å². The summed E-state index contributed by atoms with van der Waals surface area (Å²) in [6.45, 7) is 4.98. The van der Waals surface area contributed by atoms with E-state index in [1.54, 1.807) is 44.4 Å². The van der Waals surface area contributed by atoms with Crippen LogP contribution in [-0.2, 0) is 11.2 Å². The summed E-state index contributed by atoms with van der Waals surface area (Å²) in [5, 5.41) is 2.55. The smallest absolute Gasteiger partial charge is 0.251 e. The van der Waals surface area contributed by atoms with Crippen LogP contribution < -0.4 is 16.0 Å². The van der Waals surface area contributed by atoms with Gasteiger partial charge in [-0.1, -0.05) is 6.92 Å². The Bertz CT molecular complexity index is 825. The van der Waals surface area contributed by atoms with Crippen LogP contribution in [0.15, 0.2) is 30.5 Å². The van der Waals surface area contributed by atoms with Crippen molar-refractivity contribution in [3.05, 3.63) is 47.3 Å². The minimum atomic E-state index is -1.31. The summed E-state index contributed by atoms with van der Waals surface area (Å²) in [6, 6.07) is 6.78. The summed E-state index contributed by atoms with van der Waals surface area (Å²) in [5.41, 5.74) is 8.05. The maximum Gasteiger partial charge on any atom is 0.251 e. The number of nitrogen functional groups attached to an aromatic ring is 1. The Hall–Kier alpha value is -3.03. The molecule has 0 spiro atoms. The summed E-state index contributed by atoms with van der Waals surface area (Å²) >= 11 is 0. The number of alkyl halides is 1. The summed E-state index contributed by atoms with van der Waals surface area (Å²) < 4.78 is 14.1. The molecule has 0 saturated heterocycles. The molecule has 8 heteroatoms. The second kappa shape index (κ2) is 8.57. The molecule has 0 bridgehead atoms. The Morgan fingerprint density at radius 3 is 2.56 bits per heavy atom. The monoisotopic (exact) mass is 373 g/mol. The number of hydrogen-bond acceptors (Lipinski definition) is 5. The second-order valence-electron chi connectivity index (χ2n) is 6.42. The molecule has 1 aliphatic heterocycles. The van der Waals surface area contributed by atoms with Crippen molar-refractivity contribution in [2.75, 3.05) is 17.7 Å².